The lowest BCUT2D eigenvalue weighted by Crippen LogP contribution is -2.28. The Kier molecular flexibility index (Phi) is 8.55. The summed E-state index contributed by atoms with van der Waals surface area (Å²) in [6.07, 6.45) is 3.13. The molecule has 0 rings (SSSR count). The Balaban J connectivity index is 3.61. The number of hydrogen-bond donors (Lipinski definition) is 0. The largest absolute Gasteiger partial charge is 0.378 e. The average Bonchev–Trinajstić information content (AvgIpc) is 2.26. The second kappa shape index (κ2) is 9.17. The van der Waals surface area contributed by atoms with Crippen LogP contribution < -0.4 is 0 Å². The first-order chi connectivity index (χ1) is 7.61. The van der Waals surface area contributed by atoms with Gasteiger partial charge in [-0.25, -0.2) is 0 Å². The summed E-state index contributed by atoms with van der Waals surface area (Å²) in [5.41, 5.74) is 0. The van der Waals surface area contributed by atoms with Crippen LogP contribution >= 0.6 is 0 Å². The van der Waals surface area contributed by atoms with E-state index < -0.39 is 0 Å². The molecule has 0 N–H and O–H groups in total. The molecule has 1 amide bonds. The molecule has 0 saturated carbocycles. The quantitative estimate of drug-likeness (QED) is 0.635. The van der Waals surface area contributed by atoms with Crippen molar-refractivity contribution in [1.29, 1.82) is 5.26 Å². The van der Waals surface area contributed by atoms with Gasteiger partial charge in [0.15, 0.2) is 0 Å². The molecule has 0 spiro atoms. The molecule has 92 valence electrons. The van der Waals surface area contributed by atoms with E-state index in [0.717, 1.165) is 12.8 Å². The van der Waals surface area contributed by atoms with Crippen LogP contribution in [-0.4, -0.2) is 37.1 Å². The molecule has 0 saturated heterocycles. The lowest BCUT2D eigenvalue weighted by molar-refractivity contribution is -0.131. The zero-order valence-electron chi connectivity index (χ0n) is 10.5. The van der Waals surface area contributed by atoms with Crippen LogP contribution in [-0.2, 0) is 9.53 Å². The Bertz CT molecular complexity index is 236. The van der Waals surface area contributed by atoms with Crippen LogP contribution in [0.1, 0.15) is 39.5 Å². The summed E-state index contributed by atoms with van der Waals surface area (Å²) in [6, 6.07) is 2.02. The van der Waals surface area contributed by atoms with Crippen LogP contribution in [0.5, 0.6) is 0 Å². The molecule has 0 aliphatic rings. The minimum atomic E-state index is 0.0407. The van der Waals surface area contributed by atoms with Crippen LogP contribution in [0.4, 0.5) is 0 Å². The highest BCUT2D eigenvalue weighted by Crippen LogP contribution is 2.02. The fraction of sp³-hybridized carbons (Fsp3) is 0.833. The molecular formula is C12H22N2O2. The minimum Gasteiger partial charge on any atom is -0.378 e. The van der Waals surface area contributed by atoms with E-state index in [-0.39, 0.29) is 12.0 Å². The lowest BCUT2D eigenvalue weighted by Gasteiger charge is -2.16. The number of ether oxygens (including phenoxy) is 1. The predicted octanol–water partition coefficient (Wildman–Crippen LogP) is 1.95. The Morgan fingerprint density at radius 3 is 2.81 bits per heavy atom. The Hall–Kier alpha value is -1.08. The first kappa shape index (κ1) is 14.9. The van der Waals surface area contributed by atoms with Crippen LogP contribution in [0, 0.1) is 11.3 Å². The molecule has 0 aliphatic carbocycles. The summed E-state index contributed by atoms with van der Waals surface area (Å²) < 4.78 is 5.50. The number of hydrogen-bond acceptors (Lipinski definition) is 3. The Morgan fingerprint density at radius 1 is 1.56 bits per heavy atom. The third-order valence-corrected chi connectivity index (χ3v) is 2.40. The molecule has 0 radical (unpaired) electrons. The van der Waals surface area contributed by atoms with Crippen molar-refractivity contribution in [3.8, 4) is 6.07 Å². The van der Waals surface area contributed by atoms with Crippen molar-refractivity contribution in [3.63, 3.8) is 0 Å². The molecule has 0 fully saturated rings. The van der Waals surface area contributed by atoms with Crippen molar-refractivity contribution in [2.24, 2.45) is 0 Å². The van der Waals surface area contributed by atoms with Gasteiger partial charge in [0.1, 0.15) is 0 Å². The van der Waals surface area contributed by atoms with Gasteiger partial charge in [0, 0.05) is 13.6 Å². The number of nitriles is 1. The van der Waals surface area contributed by atoms with Crippen molar-refractivity contribution < 1.29 is 9.53 Å². The first-order valence-corrected chi connectivity index (χ1v) is 5.84. The van der Waals surface area contributed by atoms with Crippen molar-refractivity contribution in [2.75, 3.05) is 20.2 Å². The summed E-state index contributed by atoms with van der Waals surface area (Å²) in [7, 11) is 1.72. The van der Waals surface area contributed by atoms with Gasteiger partial charge in [-0.15, -0.1) is 0 Å². The van der Waals surface area contributed by atoms with Gasteiger partial charge in [-0.2, -0.15) is 5.26 Å². The van der Waals surface area contributed by atoms with E-state index in [1.807, 2.05) is 13.0 Å². The molecule has 0 aromatic carbocycles. The highest BCUT2D eigenvalue weighted by molar-refractivity contribution is 5.75. The summed E-state index contributed by atoms with van der Waals surface area (Å²) in [5.74, 6) is 0.0407. The molecule has 1 atom stereocenters. The highest BCUT2D eigenvalue weighted by atomic mass is 16.5. The third kappa shape index (κ3) is 7.24. The van der Waals surface area contributed by atoms with Crippen LogP contribution in [0.25, 0.3) is 0 Å². The minimum absolute atomic E-state index is 0.0407. The lowest BCUT2D eigenvalue weighted by atomic mass is 10.2. The number of carbonyl (C=O) groups is 1. The number of nitrogens with zero attached hydrogens (tertiary/aromatic N) is 2. The zero-order chi connectivity index (χ0) is 12.4. The van der Waals surface area contributed by atoms with E-state index in [1.54, 1.807) is 11.9 Å². The standard InChI is InChI=1S/C12H22N2O2/c1-4-6-11(2)16-10-7-12(15)14(3)9-5-8-13/h11H,4-7,9-10H2,1-3H3. The van der Waals surface area contributed by atoms with Gasteiger partial charge in [-0.05, 0) is 13.3 Å². The van der Waals surface area contributed by atoms with E-state index in [1.165, 1.54) is 0 Å². The van der Waals surface area contributed by atoms with Crippen molar-refractivity contribution >= 4 is 5.91 Å². The van der Waals surface area contributed by atoms with Gasteiger partial charge >= 0.3 is 0 Å². The molecule has 0 aromatic rings. The monoisotopic (exact) mass is 226 g/mol. The summed E-state index contributed by atoms with van der Waals surface area (Å²) in [6.45, 7) is 5.10. The number of carbonyl (C=O) groups excluding carboxylic acids is 1. The van der Waals surface area contributed by atoms with Crippen LogP contribution in [0.2, 0.25) is 0 Å². The van der Waals surface area contributed by atoms with E-state index in [9.17, 15) is 4.79 Å². The van der Waals surface area contributed by atoms with Crippen LogP contribution in [0.15, 0.2) is 0 Å². The van der Waals surface area contributed by atoms with Gasteiger partial charge < -0.3 is 9.64 Å². The Morgan fingerprint density at radius 2 is 2.25 bits per heavy atom. The molecular weight excluding hydrogens is 204 g/mol. The van der Waals surface area contributed by atoms with Crippen molar-refractivity contribution in [3.05, 3.63) is 0 Å². The maximum Gasteiger partial charge on any atom is 0.224 e. The molecule has 0 aliphatic heterocycles. The van der Waals surface area contributed by atoms with Crippen molar-refractivity contribution in [2.45, 2.75) is 45.6 Å². The number of amides is 1. The van der Waals surface area contributed by atoms with Gasteiger partial charge in [0.05, 0.1) is 31.6 Å². The number of rotatable bonds is 8. The van der Waals surface area contributed by atoms with Crippen molar-refractivity contribution in [1.82, 2.24) is 4.90 Å². The topological polar surface area (TPSA) is 53.3 Å². The van der Waals surface area contributed by atoms with E-state index in [0.29, 0.717) is 26.0 Å². The second-order valence-corrected chi connectivity index (χ2v) is 3.94. The molecule has 0 aromatic heterocycles. The molecule has 1 unspecified atom stereocenters. The molecule has 16 heavy (non-hydrogen) atoms. The van der Waals surface area contributed by atoms with Gasteiger partial charge in [-0.1, -0.05) is 13.3 Å². The third-order valence-electron chi connectivity index (χ3n) is 2.40. The summed E-state index contributed by atoms with van der Waals surface area (Å²) >= 11 is 0. The SMILES string of the molecule is CCCC(C)OCCC(=O)N(C)CCC#N. The molecule has 4 heteroatoms. The highest BCUT2D eigenvalue weighted by Gasteiger charge is 2.08. The van der Waals surface area contributed by atoms with E-state index >= 15 is 0 Å². The molecule has 0 bridgehead atoms. The maximum atomic E-state index is 11.5. The average molecular weight is 226 g/mol. The summed E-state index contributed by atoms with van der Waals surface area (Å²) in [5, 5.41) is 8.39. The Labute approximate surface area is 98.2 Å². The van der Waals surface area contributed by atoms with E-state index in [2.05, 4.69) is 6.92 Å². The van der Waals surface area contributed by atoms with Crippen LogP contribution in [0.3, 0.4) is 0 Å². The smallest absolute Gasteiger partial charge is 0.224 e. The fourth-order valence-electron chi connectivity index (χ4n) is 1.37. The second-order valence-electron chi connectivity index (χ2n) is 3.94. The van der Waals surface area contributed by atoms with E-state index in [4.69, 9.17) is 10.00 Å². The zero-order valence-corrected chi connectivity index (χ0v) is 10.5. The maximum absolute atomic E-state index is 11.5. The van der Waals surface area contributed by atoms with Gasteiger partial charge in [0.25, 0.3) is 0 Å². The first-order valence-electron chi connectivity index (χ1n) is 5.84. The normalized spacial score (nSPS) is 11.9. The molecule has 4 nitrogen and oxygen atoms in total. The molecule has 0 heterocycles. The predicted molar refractivity (Wildman–Crippen MR) is 62.8 cm³/mol. The summed E-state index contributed by atoms with van der Waals surface area (Å²) in [4.78, 5) is 13.1. The van der Waals surface area contributed by atoms with Gasteiger partial charge in [0.2, 0.25) is 5.91 Å². The van der Waals surface area contributed by atoms with Gasteiger partial charge in [-0.3, -0.25) is 4.79 Å². The fourth-order valence-corrected chi connectivity index (χ4v) is 1.37.